The molecule has 1 aliphatic carbocycles. The van der Waals surface area contributed by atoms with Crippen molar-refractivity contribution in [3.63, 3.8) is 0 Å². The van der Waals surface area contributed by atoms with Gasteiger partial charge in [0, 0.05) is 25.5 Å². The molecule has 0 bridgehead atoms. The van der Waals surface area contributed by atoms with Gasteiger partial charge in [-0.25, -0.2) is 14.3 Å². The molecule has 1 amide bonds. The lowest BCUT2D eigenvalue weighted by Crippen LogP contribution is -2.30. The first-order valence-electron chi connectivity index (χ1n) is 10.6. The van der Waals surface area contributed by atoms with Crippen molar-refractivity contribution < 1.29 is 14.7 Å². The zero-order chi connectivity index (χ0) is 22.1. The molecule has 0 saturated heterocycles. The summed E-state index contributed by atoms with van der Waals surface area (Å²) < 4.78 is 1.68. The van der Waals surface area contributed by atoms with Gasteiger partial charge in [-0.3, -0.25) is 4.79 Å². The molecule has 7 nitrogen and oxygen atoms in total. The monoisotopic (exact) mass is 426 g/mol. The Morgan fingerprint density at radius 3 is 2.31 bits per heavy atom. The zero-order valence-corrected chi connectivity index (χ0v) is 17.4. The molecule has 0 spiro atoms. The molecule has 2 aromatic carbocycles. The van der Waals surface area contributed by atoms with Crippen LogP contribution in [0, 0.1) is 0 Å². The molecule has 32 heavy (non-hydrogen) atoms. The first kappa shape index (κ1) is 19.9. The highest BCUT2D eigenvalue weighted by Crippen LogP contribution is 2.39. The second kappa shape index (κ2) is 8.26. The number of carbonyl (C=O) groups excluding carboxylic acids is 1. The lowest BCUT2D eigenvalue weighted by atomic mass is 10.1. The highest BCUT2D eigenvalue weighted by Gasteiger charge is 2.26. The smallest absolute Gasteiger partial charge is 0.335 e. The number of hydrogen-bond acceptors (Lipinski definition) is 4. The van der Waals surface area contributed by atoms with Gasteiger partial charge < -0.3 is 10.0 Å². The summed E-state index contributed by atoms with van der Waals surface area (Å²) >= 11 is 0. The van der Waals surface area contributed by atoms with Gasteiger partial charge in [-0.2, -0.15) is 5.10 Å². The Morgan fingerprint density at radius 1 is 0.969 bits per heavy atom. The molecule has 160 valence electrons. The SMILES string of the molecule is O=C(O)c1ccc(CN(Cc2ccccc2)C(=O)c2cnn3cc(C4CC4)cnc23)cc1. The van der Waals surface area contributed by atoms with E-state index in [1.165, 1.54) is 12.8 Å². The number of carboxylic acids is 1. The maximum Gasteiger partial charge on any atom is 0.335 e. The van der Waals surface area contributed by atoms with Gasteiger partial charge in [0.05, 0.1) is 11.8 Å². The van der Waals surface area contributed by atoms with Crippen LogP contribution in [0.15, 0.2) is 73.2 Å². The average molecular weight is 426 g/mol. The second-order valence-electron chi connectivity index (χ2n) is 8.14. The Labute approximate surface area is 184 Å². The third-order valence-corrected chi connectivity index (χ3v) is 5.73. The first-order valence-corrected chi connectivity index (χ1v) is 10.6. The normalized spacial score (nSPS) is 13.2. The molecular weight excluding hydrogens is 404 g/mol. The Morgan fingerprint density at radius 2 is 1.66 bits per heavy atom. The second-order valence-corrected chi connectivity index (χ2v) is 8.14. The van der Waals surface area contributed by atoms with Crippen molar-refractivity contribution in [2.45, 2.75) is 31.8 Å². The van der Waals surface area contributed by atoms with E-state index in [-0.39, 0.29) is 11.5 Å². The maximum absolute atomic E-state index is 13.6. The average Bonchev–Trinajstić information content (AvgIpc) is 3.58. The summed E-state index contributed by atoms with van der Waals surface area (Å²) in [7, 11) is 0. The summed E-state index contributed by atoms with van der Waals surface area (Å²) in [5.74, 6) is -0.590. The predicted molar refractivity (Wildman–Crippen MR) is 118 cm³/mol. The quantitative estimate of drug-likeness (QED) is 0.480. The van der Waals surface area contributed by atoms with Gasteiger partial charge in [0.15, 0.2) is 5.65 Å². The van der Waals surface area contributed by atoms with E-state index in [9.17, 15) is 9.59 Å². The van der Waals surface area contributed by atoms with Gasteiger partial charge in [-0.1, -0.05) is 42.5 Å². The molecule has 0 atom stereocenters. The van der Waals surface area contributed by atoms with Gasteiger partial charge >= 0.3 is 5.97 Å². The molecule has 2 heterocycles. The number of aromatic nitrogens is 3. The Kier molecular flexibility index (Phi) is 5.15. The lowest BCUT2D eigenvalue weighted by Gasteiger charge is -2.23. The van der Waals surface area contributed by atoms with Crippen LogP contribution in [-0.4, -0.2) is 36.5 Å². The fourth-order valence-electron chi connectivity index (χ4n) is 3.81. The van der Waals surface area contributed by atoms with Crippen molar-refractivity contribution in [3.8, 4) is 0 Å². The number of hydrogen-bond donors (Lipinski definition) is 1. The number of carboxylic acid groups (broad SMARTS) is 1. The van der Waals surface area contributed by atoms with E-state index in [0.29, 0.717) is 30.2 Å². The van der Waals surface area contributed by atoms with Crippen LogP contribution < -0.4 is 0 Å². The topological polar surface area (TPSA) is 87.8 Å². The van der Waals surface area contributed by atoms with Gasteiger partial charge in [-0.05, 0) is 47.6 Å². The van der Waals surface area contributed by atoms with E-state index in [2.05, 4.69) is 10.1 Å². The zero-order valence-electron chi connectivity index (χ0n) is 17.4. The van der Waals surface area contributed by atoms with E-state index < -0.39 is 5.97 Å². The van der Waals surface area contributed by atoms with Crippen LogP contribution in [-0.2, 0) is 13.1 Å². The highest BCUT2D eigenvalue weighted by atomic mass is 16.4. The molecule has 0 aliphatic heterocycles. The van der Waals surface area contributed by atoms with Crippen LogP contribution >= 0.6 is 0 Å². The van der Waals surface area contributed by atoms with Crippen LogP contribution in [0.3, 0.4) is 0 Å². The number of nitrogens with zero attached hydrogens (tertiary/aromatic N) is 4. The molecule has 0 unspecified atom stereocenters. The highest BCUT2D eigenvalue weighted by molar-refractivity contribution is 5.99. The van der Waals surface area contributed by atoms with Crippen molar-refractivity contribution in [2.75, 3.05) is 0 Å². The van der Waals surface area contributed by atoms with Gasteiger partial charge in [0.2, 0.25) is 0 Å². The lowest BCUT2D eigenvalue weighted by molar-refractivity contribution is 0.0693. The number of rotatable bonds is 7. The minimum atomic E-state index is -0.975. The van der Waals surface area contributed by atoms with Crippen LogP contribution in [0.25, 0.3) is 5.65 Å². The Hall–Kier alpha value is -4.00. The molecule has 1 N–H and O–H groups in total. The molecule has 1 saturated carbocycles. The summed E-state index contributed by atoms with van der Waals surface area (Å²) in [5, 5.41) is 13.5. The number of amides is 1. The van der Waals surface area contributed by atoms with Crippen molar-refractivity contribution in [3.05, 3.63) is 101 Å². The molecule has 2 aromatic heterocycles. The molecule has 4 aromatic rings. The minimum Gasteiger partial charge on any atom is -0.478 e. The van der Waals surface area contributed by atoms with Crippen LogP contribution in [0.4, 0.5) is 0 Å². The van der Waals surface area contributed by atoms with Gasteiger partial charge in [0.25, 0.3) is 5.91 Å². The molecule has 1 aliphatic rings. The number of carbonyl (C=O) groups is 2. The van der Waals surface area contributed by atoms with Gasteiger partial charge in [-0.15, -0.1) is 0 Å². The molecule has 1 fully saturated rings. The third-order valence-electron chi connectivity index (χ3n) is 5.73. The Balaban J connectivity index is 1.45. The summed E-state index contributed by atoms with van der Waals surface area (Å²) in [5.41, 5.74) is 4.21. The number of benzene rings is 2. The summed E-state index contributed by atoms with van der Waals surface area (Å²) in [4.78, 5) is 31.0. The van der Waals surface area contributed by atoms with E-state index >= 15 is 0 Å². The third kappa shape index (κ3) is 4.09. The van der Waals surface area contributed by atoms with Crippen LogP contribution in [0.5, 0.6) is 0 Å². The Bertz CT molecular complexity index is 1280. The van der Waals surface area contributed by atoms with Crippen molar-refractivity contribution in [1.82, 2.24) is 19.5 Å². The first-order chi connectivity index (χ1) is 15.6. The summed E-state index contributed by atoms with van der Waals surface area (Å²) in [6.07, 6.45) is 7.73. The molecule has 0 radical (unpaired) electrons. The van der Waals surface area contributed by atoms with Crippen LogP contribution in [0.1, 0.15) is 56.2 Å². The molecular formula is C25H22N4O3. The van der Waals surface area contributed by atoms with Crippen molar-refractivity contribution >= 4 is 17.5 Å². The standard InChI is InChI=1S/C25H22N4O3/c30-24(22-13-27-29-16-21(19-10-11-19)12-26-23(22)29)28(14-17-4-2-1-3-5-17)15-18-6-8-20(9-7-18)25(31)32/h1-9,12-13,16,19H,10-11,14-15H2,(H,31,32). The fourth-order valence-corrected chi connectivity index (χ4v) is 3.81. The largest absolute Gasteiger partial charge is 0.478 e. The maximum atomic E-state index is 13.6. The van der Waals surface area contributed by atoms with E-state index in [1.807, 2.05) is 42.7 Å². The minimum absolute atomic E-state index is 0.169. The summed E-state index contributed by atoms with van der Waals surface area (Å²) in [6, 6.07) is 16.4. The van der Waals surface area contributed by atoms with Crippen molar-refractivity contribution in [1.29, 1.82) is 0 Å². The fraction of sp³-hybridized carbons (Fsp3) is 0.200. The van der Waals surface area contributed by atoms with E-state index in [4.69, 9.17) is 5.11 Å². The molecule has 7 heteroatoms. The van der Waals surface area contributed by atoms with Crippen molar-refractivity contribution in [2.24, 2.45) is 0 Å². The number of fused-ring (bicyclic) bond motifs is 1. The van der Waals surface area contributed by atoms with Crippen LogP contribution in [0.2, 0.25) is 0 Å². The number of aromatic carboxylic acids is 1. The molecule has 5 rings (SSSR count). The predicted octanol–water partition coefficient (Wildman–Crippen LogP) is 4.15. The summed E-state index contributed by atoms with van der Waals surface area (Å²) in [6.45, 7) is 0.753. The van der Waals surface area contributed by atoms with E-state index in [0.717, 1.165) is 16.7 Å². The van der Waals surface area contributed by atoms with E-state index in [1.54, 1.807) is 39.9 Å². The van der Waals surface area contributed by atoms with Gasteiger partial charge in [0.1, 0.15) is 5.56 Å².